The van der Waals surface area contributed by atoms with Crippen molar-refractivity contribution in [1.82, 2.24) is 5.32 Å². The number of rotatable bonds is 5. The zero-order valence-electron chi connectivity index (χ0n) is 14.3. The highest BCUT2D eigenvalue weighted by molar-refractivity contribution is 5.79. The van der Waals surface area contributed by atoms with Crippen molar-refractivity contribution in [2.24, 2.45) is 17.8 Å². The van der Waals surface area contributed by atoms with Crippen molar-refractivity contribution < 1.29 is 18.0 Å². The van der Waals surface area contributed by atoms with Gasteiger partial charge in [0.2, 0.25) is 5.91 Å². The molecule has 0 spiro atoms. The maximum Gasteiger partial charge on any atom is 0.391 e. The number of hydrogen-bond acceptors (Lipinski definition) is 1. The predicted octanol–water partition coefficient (Wildman–Crippen LogP) is 5.26. The fourth-order valence-electron chi connectivity index (χ4n) is 3.45. The number of carbonyl (C=O) groups is 1. The monoisotopic (exact) mass is 341 g/mol. The maximum absolute atomic E-state index is 12.9. The van der Waals surface area contributed by atoms with Crippen LogP contribution in [0, 0.1) is 17.8 Å². The minimum absolute atomic E-state index is 0.0848. The van der Waals surface area contributed by atoms with Crippen LogP contribution in [0.3, 0.4) is 0 Å². The van der Waals surface area contributed by atoms with Crippen molar-refractivity contribution in [3.8, 4) is 0 Å². The zero-order chi connectivity index (χ0) is 17.7. The average Bonchev–Trinajstić information content (AvgIpc) is 2.54. The average molecular weight is 341 g/mol. The Bertz CT molecular complexity index is 527. The van der Waals surface area contributed by atoms with Gasteiger partial charge in [-0.3, -0.25) is 4.79 Å². The van der Waals surface area contributed by atoms with E-state index in [1.54, 1.807) is 0 Å². The van der Waals surface area contributed by atoms with Crippen molar-refractivity contribution in [3.05, 3.63) is 35.9 Å². The van der Waals surface area contributed by atoms with E-state index < -0.39 is 18.0 Å². The lowest BCUT2D eigenvalue weighted by molar-refractivity contribution is -0.186. The van der Waals surface area contributed by atoms with E-state index in [0.717, 1.165) is 12.0 Å². The third kappa shape index (κ3) is 5.25. The summed E-state index contributed by atoms with van der Waals surface area (Å²) in [6.07, 6.45) is -2.37. The maximum atomic E-state index is 12.9. The van der Waals surface area contributed by atoms with Gasteiger partial charge in [0.15, 0.2) is 0 Å². The van der Waals surface area contributed by atoms with Crippen LogP contribution in [-0.4, -0.2) is 12.1 Å². The molecule has 2 nitrogen and oxygen atoms in total. The van der Waals surface area contributed by atoms with Gasteiger partial charge >= 0.3 is 6.18 Å². The molecular formula is C19H26F3NO. The standard InChI is InChI=1S/C19H26F3NO/c1-13(2)11-17(14-7-4-3-5-8-14)23-18(24)15-9-6-10-16(12-15)19(20,21)22/h3-5,7-8,13,15-17H,6,9-12H2,1-2H3,(H,23,24). The molecular weight excluding hydrogens is 315 g/mol. The summed E-state index contributed by atoms with van der Waals surface area (Å²) in [6, 6.07) is 9.49. The Morgan fingerprint density at radius 3 is 2.46 bits per heavy atom. The van der Waals surface area contributed by atoms with E-state index in [-0.39, 0.29) is 24.8 Å². The molecule has 0 aromatic heterocycles. The summed E-state index contributed by atoms with van der Waals surface area (Å²) >= 11 is 0. The summed E-state index contributed by atoms with van der Waals surface area (Å²) < 4.78 is 38.8. The van der Waals surface area contributed by atoms with Crippen molar-refractivity contribution in [1.29, 1.82) is 0 Å². The molecule has 1 amide bonds. The van der Waals surface area contributed by atoms with Gasteiger partial charge in [0.1, 0.15) is 0 Å². The van der Waals surface area contributed by atoms with Gasteiger partial charge in [0.05, 0.1) is 12.0 Å². The van der Waals surface area contributed by atoms with Gasteiger partial charge in [0.25, 0.3) is 0 Å². The lowest BCUT2D eigenvalue weighted by Gasteiger charge is -2.31. The summed E-state index contributed by atoms with van der Waals surface area (Å²) in [5, 5.41) is 3.00. The third-order valence-corrected chi connectivity index (χ3v) is 4.73. The molecule has 1 N–H and O–H groups in total. The van der Waals surface area contributed by atoms with Gasteiger partial charge in [-0.1, -0.05) is 50.6 Å². The molecule has 0 radical (unpaired) electrons. The van der Waals surface area contributed by atoms with Crippen molar-refractivity contribution in [2.45, 2.75) is 58.2 Å². The first kappa shape index (κ1) is 18.8. The quantitative estimate of drug-likeness (QED) is 0.778. The molecule has 1 fully saturated rings. The molecule has 5 heteroatoms. The lowest BCUT2D eigenvalue weighted by Crippen LogP contribution is -2.39. The third-order valence-electron chi connectivity index (χ3n) is 4.73. The summed E-state index contributed by atoms with van der Waals surface area (Å²) in [6.45, 7) is 4.14. The molecule has 1 saturated carbocycles. The first-order chi connectivity index (χ1) is 11.3. The Hall–Kier alpha value is -1.52. The molecule has 0 heterocycles. The molecule has 3 unspecified atom stereocenters. The van der Waals surface area contributed by atoms with Crippen LogP contribution in [0.2, 0.25) is 0 Å². The molecule has 1 aromatic rings. The van der Waals surface area contributed by atoms with E-state index in [9.17, 15) is 18.0 Å². The van der Waals surface area contributed by atoms with Crippen LogP contribution in [0.5, 0.6) is 0 Å². The number of amides is 1. The molecule has 0 bridgehead atoms. The number of nitrogens with one attached hydrogen (secondary N) is 1. The van der Waals surface area contributed by atoms with Crippen LogP contribution in [0.1, 0.15) is 57.6 Å². The molecule has 0 aliphatic heterocycles. The first-order valence-electron chi connectivity index (χ1n) is 8.69. The molecule has 1 aliphatic carbocycles. The number of halogens is 3. The molecule has 134 valence electrons. The van der Waals surface area contributed by atoms with Gasteiger partial charge < -0.3 is 5.32 Å². The van der Waals surface area contributed by atoms with Crippen LogP contribution >= 0.6 is 0 Å². The topological polar surface area (TPSA) is 29.1 Å². The summed E-state index contributed by atoms with van der Waals surface area (Å²) in [5.41, 5.74) is 1.00. The number of alkyl halides is 3. The van der Waals surface area contributed by atoms with Crippen LogP contribution in [0.25, 0.3) is 0 Å². The summed E-state index contributed by atoms with van der Waals surface area (Å²) in [4.78, 5) is 12.6. The Morgan fingerprint density at radius 1 is 1.21 bits per heavy atom. The predicted molar refractivity (Wildman–Crippen MR) is 88.3 cm³/mol. The zero-order valence-corrected chi connectivity index (χ0v) is 14.3. The van der Waals surface area contributed by atoms with Gasteiger partial charge in [-0.2, -0.15) is 13.2 Å². The fourth-order valence-corrected chi connectivity index (χ4v) is 3.45. The van der Waals surface area contributed by atoms with Crippen LogP contribution < -0.4 is 5.32 Å². The normalized spacial score (nSPS) is 23.1. The number of hydrogen-bond donors (Lipinski definition) is 1. The van der Waals surface area contributed by atoms with Gasteiger partial charge in [0, 0.05) is 5.92 Å². The van der Waals surface area contributed by atoms with Crippen LogP contribution in [0.4, 0.5) is 13.2 Å². The molecule has 0 saturated heterocycles. The van der Waals surface area contributed by atoms with Crippen molar-refractivity contribution in [2.75, 3.05) is 0 Å². The molecule has 24 heavy (non-hydrogen) atoms. The summed E-state index contributed by atoms with van der Waals surface area (Å²) in [5.74, 6) is -1.74. The Morgan fingerprint density at radius 2 is 1.88 bits per heavy atom. The van der Waals surface area contributed by atoms with Gasteiger partial charge in [-0.05, 0) is 37.2 Å². The van der Waals surface area contributed by atoms with Crippen molar-refractivity contribution >= 4 is 5.91 Å². The van der Waals surface area contributed by atoms with Crippen molar-refractivity contribution in [3.63, 3.8) is 0 Å². The Balaban J connectivity index is 2.04. The number of benzene rings is 1. The minimum atomic E-state index is -4.20. The smallest absolute Gasteiger partial charge is 0.349 e. The molecule has 1 aromatic carbocycles. The lowest BCUT2D eigenvalue weighted by atomic mass is 9.80. The molecule has 3 atom stereocenters. The van der Waals surface area contributed by atoms with E-state index in [0.29, 0.717) is 18.8 Å². The highest BCUT2D eigenvalue weighted by Crippen LogP contribution is 2.40. The van der Waals surface area contributed by atoms with E-state index in [2.05, 4.69) is 19.2 Å². The fraction of sp³-hybridized carbons (Fsp3) is 0.632. The van der Waals surface area contributed by atoms with E-state index in [4.69, 9.17) is 0 Å². The largest absolute Gasteiger partial charge is 0.391 e. The highest BCUT2D eigenvalue weighted by Gasteiger charge is 2.43. The molecule has 1 aliphatic rings. The second-order valence-electron chi connectivity index (χ2n) is 7.20. The van der Waals surface area contributed by atoms with Gasteiger partial charge in [-0.15, -0.1) is 0 Å². The second-order valence-corrected chi connectivity index (χ2v) is 7.20. The SMILES string of the molecule is CC(C)CC(NC(=O)C1CCCC(C(F)(F)F)C1)c1ccccc1. The number of carbonyl (C=O) groups excluding carboxylic acids is 1. The Labute approximate surface area is 141 Å². The van der Waals surface area contributed by atoms with Crippen LogP contribution in [0.15, 0.2) is 30.3 Å². The molecule has 2 rings (SSSR count). The highest BCUT2D eigenvalue weighted by atomic mass is 19.4. The summed E-state index contributed by atoms with van der Waals surface area (Å²) in [7, 11) is 0. The van der Waals surface area contributed by atoms with E-state index in [1.807, 2.05) is 30.3 Å². The van der Waals surface area contributed by atoms with Crippen LogP contribution in [-0.2, 0) is 4.79 Å². The van der Waals surface area contributed by atoms with Gasteiger partial charge in [-0.25, -0.2) is 0 Å². The minimum Gasteiger partial charge on any atom is -0.349 e. The Kier molecular flexibility index (Phi) is 6.30. The first-order valence-corrected chi connectivity index (χ1v) is 8.69. The van der Waals surface area contributed by atoms with E-state index >= 15 is 0 Å². The van der Waals surface area contributed by atoms with E-state index in [1.165, 1.54) is 0 Å². The second kappa shape index (κ2) is 8.04.